The van der Waals surface area contributed by atoms with Gasteiger partial charge in [0.15, 0.2) is 0 Å². The van der Waals surface area contributed by atoms with Crippen molar-refractivity contribution in [3.63, 3.8) is 0 Å². The fourth-order valence-electron chi connectivity index (χ4n) is 1.14. The van der Waals surface area contributed by atoms with Gasteiger partial charge in [0.2, 0.25) is 0 Å². The van der Waals surface area contributed by atoms with E-state index in [-0.39, 0.29) is 11.5 Å². The summed E-state index contributed by atoms with van der Waals surface area (Å²) in [5.41, 5.74) is 12.7. The van der Waals surface area contributed by atoms with Crippen LogP contribution in [-0.4, -0.2) is 0 Å². The molecule has 0 aliphatic heterocycles. The molecular formula is C10H18N2S. The van der Waals surface area contributed by atoms with Gasteiger partial charge < -0.3 is 11.5 Å². The lowest BCUT2D eigenvalue weighted by Gasteiger charge is -2.15. The molecule has 2 nitrogen and oxygen atoms in total. The van der Waals surface area contributed by atoms with Crippen LogP contribution < -0.4 is 11.5 Å². The van der Waals surface area contributed by atoms with E-state index in [1.807, 2.05) is 13.0 Å². The van der Waals surface area contributed by atoms with Gasteiger partial charge in [-0.05, 0) is 18.4 Å². The Bertz CT molecular complexity index is 294. The Morgan fingerprint density at radius 2 is 1.92 bits per heavy atom. The lowest BCUT2D eigenvalue weighted by Crippen LogP contribution is -2.08. The Kier molecular flexibility index (Phi) is 2.68. The second kappa shape index (κ2) is 3.31. The fourth-order valence-corrected chi connectivity index (χ4v) is 2.24. The molecule has 0 unspecified atom stereocenters. The van der Waals surface area contributed by atoms with Gasteiger partial charge in [0.05, 0.1) is 0 Å². The van der Waals surface area contributed by atoms with Crippen LogP contribution in [0.5, 0.6) is 0 Å². The summed E-state index contributed by atoms with van der Waals surface area (Å²) in [6, 6.07) is 2.09. The average Bonchev–Trinajstić information content (AvgIpc) is 2.29. The van der Waals surface area contributed by atoms with Gasteiger partial charge in [0.1, 0.15) is 0 Å². The van der Waals surface area contributed by atoms with Gasteiger partial charge in [-0.15, -0.1) is 11.3 Å². The number of nitrogen functional groups attached to an aromatic ring is 1. The minimum Gasteiger partial charge on any atom is -0.398 e. The summed E-state index contributed by atoms with van der Waals surface area (Å²) < 4.78 is 0. The zero-order valence-corrected chi connectivity index (χ0v) is 9.53. The molecule has 13 heavy (non-hydrogen) atoms. The maximum atomic E-state index is 5.87. The lowest BCUT2D eigenvalue weighted by atomic mass is 9.94. The van der Waals surface area contributed by atoms with Crippen LogP contribution in [0.15, 0.2) is 6.07 Å². The van der Waals surface area contributed by atoms with E-state index in [2.05, 4.69) is 20.8 Å². The number of hydrogen-bond acceptors (Lipinski definition) is 3. The third-order valence-electron chi connectivity index (χ3n) is 1.94. The van der Waals surface area contributed by atoms with Crippen LogP contribution in [-0.2, 0) is 5.41 Å². The number of nitrogens with two attached hydrogens (primary N) is 2. The molecule has 0 amide bonds. The summed E-state index contributed by atoms with van der Waals surface area (Å²) in [5, 5.41) is 0. The van der Waals surface area contributed by atoms with Crippen molar-refractivity contribution in [2.45, 2.75) is 39.2 Å². The van der Waals surface area contributed by atoms with Crippen molar-refractivity contribution in [2.75, 3.05) is 5.73 Å². The summed E-state index contributed by atoms with van der Waals surface area (Å²) in [4.78, 5) is 2.40. The van der Waals surface area contributed by atoms with Gasteiger partial charge in [-0.2, -0.15) is 0 Å². The van der Waals surface area contributed by atoms with Crippen LogP contribution in [0.4, 0.5) is 5.69 Å². The van der Waals surface area contributed by atoms with E-state index in [0.717, 1.165) is 10.6 Å². The lowest BCUT2D eigenvalue weighted by molar-refractivity contribution is 0.604. The molecular weight excluding hydrogens is 180 g/mol. The molecule has 0 fully saturated rings. The van der Waals surface area contributed by atoms with E-state index in [4.69, 9.17) is 11.5 Å². The minimum absolute atomic E-state index is 0.0427. The Labute approximate surface area is 83.9 Å². The summed E-state index contributed by atoms with van der Waals surface area (Å²) >= 11 is 1.72. The normalized spacial score (nSPS) is 14.5. The molecule has 1 rings (SSSR count). The fraction of sp³-hybridized carbons (Fsp3) is 0.600. The Balaban J connectivity index is 3.10. The van der Waals surface area contributed by atoms with E-state index in [1.165, 1.54) is 4.88 Å². The predicted molar refractivity (Wildman–Crippen MR) is 60.0 cm³/mol. The quantitative estimate of drug-likeness (QED) is 0.729. The van der Waals surface area contributed by atoms with Gasteiger partial charge in [-0.1, -0.05) is 20.8 Å². The number of rotatable bonds is 1. The first-order valence-corrected chi connectivity index (χ1v) is 5.29. The van der Waals surface area contributed by atoms with Crippen molar-refractivity contribution in [3.05, 3.63) is 15.8 Å². The average molecular weight is 198 g/mol. The third kappa shape index (κ3) is 2.23. The SMILES string of the molecule is C[C@H](N)c1sc(C(C)(C)C)cc1N. The van der Waals surface area contributed by atoms with Crippen molar-refractivity contribution < 1.29 is 0 Å². The van der Waals surface area contributed by atoms with Crippen LogP contribution in [0, 0.1) is 0 Å². The van der Waals surface area contributed by atoms with Crippen molar-refractivity contribution in [1.29, 1.82) is 0 Å². The summed E-state index contributed by atoms with van der Waals surface area (Å²) in [5.74, 6) is 0. The van der Waals surface area contributed by atoms with Gasteiger partial charge in [-0.3, -0.25) is 0 Å². The van der Waals surface area contributed by atoms with Gasteiger partial charge in [0, 0.05) is 21.5 Å². The zero-order chi connectivity index (χ0) is 10.2. The topological polar surface area (TPSA) is 52.0 Å². The first-order chi connectivity index (χ1) is 5.82. The van der Waals surface area contributed by atoms with Gasteiger partial charge >= 0.3 is 0 Å². The molecule has 0 aliphatic carbocycles. The van der Waals surface area contributed by atoms with E-state index >= 15 is 0 Å². The van der Waals surface area contributed by atoms with Crippen molar-refractivity contribution in [3.8, 4) is 0 Å². The van der Waals surface area contributed by atoms with E-state index in [1.54, 1.807) is 11.3 Å². The second-order valence-electron chi connectivity index (χ2n) is 4.47. The molecule has 74 valence electrons. The second-order valence-corrected chi connectivity index (χ2v) is 5.55. The van der Waals surface area contributed by atoms with E-state index in [9.17, 15) is 0 Å². The summed E-state index contributed by atoms with van der Waals surface area (Å²) in [6.07, 6.45) is 0. The highest BCUT2D eigenvalue weighted by atomic mass is 32.1. The van der Waals surface area contributed by atoms with E-state index < -0.39 is 0 Å². The van der Waals surface area contributed by atoms with Crippen LogP contribution in [0.2, 0.25) is 0 Å². The van der Waals surface area contributed by atoms with Crippen LogP contribution >= 0.6 is 11.3 Å². The smallest absolute Gasteiger partial charge is 0.0474 e. The number of thiophene rings is 1. The van der Waals surface area contributed by atoms with E-state index in [0.29, 0.717) is 0 Å². The maximum absolute atomic E-state index is 5.87. The zero-order valence-electron chi connectivity index (χ0n) is 8.72. The third-order valence-corrected chi connectivity index (χ3v) is 3.72. The highest BCUT2D eigenvalue weighted by Gasteiger charge is 2.19. The Morgan fingerprint density at radius 1 is 1.38 bits per heavy atom. The molecule has 0 aliphatic rings. The molecule has 0 saturated carbocycles. The molecule has 1 heterocycles. The molecule has 1 aromatic rings. The molecule has 0 aromatic carbocycles. The summed E-state index contributed by atoms with van der Waals surface area (Å²) in [6.45, 7) is 8.52. The van der Waals surface area contributed by atoms with Gasteiger partial charge in [-0.25, -0.2) is 0 Å². The van der Waals surface area contributed by atoms with Crippen molar-refractivity contribution >= 4 is 17.0 Å². The molecule has 1 aromatic heterocycles. The summed E-state index contributed by atoms with van der Waals surface area (Å²) in [7, 11) is 0. The molecule has 0 spiro atoms. The molecule has 0 saturated heterocycles. The molecule has 4 N–H and O–H groups in total. The predicted octanol–water partition coefficient (Wildman–Crippen LogP) is 2.65. The molecule has 3 heteroatoms. The molecule has 1 atom stereocenters. The Hall–Kier alpha value is -0.540. The first-order valence-electron chi connectivity index (χ1n) is 4.47. The largest absolute Gasteiger partial charge is 0.398 e. The highest BCUT2D eigenvalue weighted by Crippen LogP contribution is 2.36. The maximum Gasteiger partial charge on any atom is 0.0474 e. The van der Waals surface area contributed by atoms with Crippen LogP contribution in [0.25, 0.3) is 0 Å². The monoisotopic (exact) mass is 198 g/mol. The Morgan fingerprint density at radius 3 is 2.15 bits per heavy atom. The van der Waals surface area contributed by atoms with Crippen molar-refractivity contribution in [1.82, 2.24) is 0 Å². The minimum atomic E-state index is 0.0427. The molecule has 0 bridgehead atoms. The van der Waals surface area contributed by atoms with Crippen LogP contribution in [0.3, 0.4) is 0 Å². The van der Waals surface area contributed by atoms with Crippen molar-refractivity contribution in [2.24, 2.45) is 5.73 Å². The highest BCUT2D eigenvalue weighted by molar-refractivity contribution is 7.12. The standard InChI is InChI=1S/C10H18N2S/c1-6(11)9-7(12)5-8(13-9)10(2,3)4/h5-6H,11-12H2,1-4H3/t6-/m0/s1. The first kappa shape index (κ1) is 10.5. The van der Waals surface area contributed by atoms with Crippen LogP contribution in [0.1, 0.15) is 43.5 Å². The molecule has 0 radical (unpaired) electrons. The van der Waals surface area contributed by atoms with Gasteiger partial charge in [0.25, 0.3) is 0 Å². The number of anilines is 1. The number of hydrogen-bond donors (Lipinski definition) is 2.